The number of carbonyl (C=O) groups is 1. The summed E-state index contributed by atoms with van der Waals surface area (Å²) in [7, 11) is 0. The van der Waals surface area contributed by atoms with Gasteiger partial charge in [0.05, 0.1) is 28.8 Å². The second-order valence-electron chi connectivity index (χ2n) is 5.19. The molecule has 24 heavy (non-hydrogen) atoms. The Labute approximate surface area is 141 Å². The maximum absolute atomic E-state index is 12.2. The molecule has 3 rings (SSSR count). The largest absolute Gasteiger partial charge is 0.301 e. The van der Waals surface area contributed by atoms with E-state index in [0.29, 0.717) is 27.4 Å². The van der Waals surface area contributed by atoms with Gasteiger partial charge in [-0.25, -0.2) is 9.67 Å². The average Bonchev–Trinajstić information content (AvgIpc) is 2.99. The van der Waals surface area contributed by atoms with Crippen LogP contribution in [0.25, 0.3) is 16.7 Å². The lowest BCUT2D eigenvalue weighted by molar-refractivity contribution is -0.116. The quantitative estimate of drug-likeness (QED) is 0.576. The normalized spacial score (nSPS) is 12.0. The van der Waals surface area contributed by atoms with Crippen LogP contribution >= 0.6 is 11.8 Å². The average molecular weight is 339 g/mol. The summed E-state index contributed by atoms with van der Waals surface area (Å²) in [5, 5.41) is 13.5. The van der Waals surface area contributed by atoms with Crippen LogP contribution in [0.3, 0.4) is 0 Å². The Bertz CT molecular complexity index is 1010. The number of rotatable bonds is 4. The molecule has 0 saturated heterocycles. The number of aromatic nitrogens is 4. The number of nitrogens with zero attached hydrogens (tertiary/aromatic N) is 4. The maximum Gasteiger partial charge on any atom is 0.262 e. The minimum absolute atomic E-state index is 0.00310. The van der Waals surface area contributed by atoms with Crippen molar-refractivity contribution in [2.75, 3.05) is 0 Å². The van der Waals surface area contributed by atoms with Gasteiger partial charge < -0.3 is 4.98 Å². The Morgan fingerprint density at radius 2 is 2.08 bits per heavy atom. The summed E-state index contributed by atoms with van der Waals surface area (Å²) in [5.74, 6) is 0.00310. The fraction of sp³-hybridized carbons (Fsp3) is 0.188. The van der Waals surface area contributed by atoms with E-state index in [1.54, 1.807) is 31.2 Å². The van der Waals surface area contributed by atoms with E-state index in [0.717, 1.165) is 0 Å². The van der Waals surface area contributed by atoms with Crippen molar-refractivity contribution >= 4 is 28.6 Å². The molecular weight excluding hydrogens is 326 g/mol. The van der Waals surface area contributed by atoms with Crippen molar-refractivity contribution in [3.8, 4) is 11.8 Å². The van der Waals surface area contributed by atoms with Crippen LogP contribution in [-0.2, 0) is 4.79 Å². The fourth-order valence-corrected chi connectivity index (χ4v) is 2.86. The monoisotopic (exact) mass is 339 g/mol. The minimum atomic E-state index is -0.308. The molecule has 0 radical (unpaired) electrons. The number of Topliss-reactive ketones (excluding diaryl/α,β-unsaturated/α-hetero) is 1. The number of nitriles is 1. The van der Waals surface area contributed by atoms with Gasteiger partial charge in [0.15, 0.2) is 10.8 Å². The molecule has 0 spiro atoms. The number of ketones is 1. The number of hydrogen-bond acceptors (Lipinski definition) is 6. The zero-order valence-electron chi connectivity index (χ0n) is 13.0. The second kappa shape index (κ2) is 6.29. The highest BCUT2D eigenvalue weighted by Gasteiger charge is 2.15. The summed E-state index contributed by atoms with van der Waals surface area (Å²) in [5.41, 5.74) is 1.32. The van der Waals surface area contributed by atoms with Crippen LogP contribution < -0.4 is 5.56 Å². The number of H-pyrrole nitrogens is 1. The van der Waals surface area contributed by atoms with Crippen LogP contribution in [0.2, 0.25) is 0 Å². The molecule has 1 unspecified atom stereocenters. The van der Waals surface area contributed by atoms with E-state index in [1.807, 2.05) is 0 Å². The van der Waals surface area contributed by atoms with Crippen LogP contribution in [0.15, 0.2) is 40.4 Å². The lowest BCUT2D eigenvalue weighted by Crippen LogP contribution is -2.13. The number of thioether (sulfide) groups is 1. The Kier molecular flexibility index (Phi) is 4.18. The number of hydrogen-bond donors (Lipinski definition) is 1. The standard InChI is InChI=1S/C16H13N5O2S/c1-9(22)10(2)24-16-19-14-13(15(23)20-16)8-18-21(14)12-5-3-11(7-17)4-6-12/h3-6,8,10H,1-2H3,(H,19,20,23). The molecule has 7 nitrogen and oxygen atoms in total. The van der Waals surface area contributed by atoms with Crippen molar-refractivity contribution in [3.63, 3.8) is 0 Å². The zero-order chi connectivity index (χ0) is 17.3. The predicted octanol–water partition coefficient (Wildman–Crippen LogP) is 2.05. The van der Waals surface area contributed by atoms with Crippen LogP contribution in [0.1, 0.15) is 19.4 Å². The van der Waals surface area contributed by atoms with Gasteiger partial charge >= 0.3 is 0 Å². The lowest BCUT2D eigenvalue weighted by atomic mass is 10.2. The van der Waals surface area contributed by atoms with Gasteiger partial charge in [0.2, 0.25) is 0 Å². The molecule has 120 valence electrons. The maximum atomic E-state index is 12.2. The smallest absolute Gasteiger partial charge is 0.262 e. The van der Waals surface area contributed by atoms with Crippen LogP contribution in [0, 0.1) is 11.3 Å². The summed E-state index contributed by atoms with van der Waals surface area (Å²) in [6.07, 6.45) is 1.45. The third-order valence-corrected chi connectivity index (χ3v) is 4.62. The summed E-state index contributed by atoms with van der Waals surface area (Å²) >= 11 is 1.19. The number of benzene rings is 1. The molecular formula is C16H13N5O2S. The van der Waals surface area contributed by atoms with E-state index in [4.69, 9.17) is 5.26 Å². The molecule has 0 aliphatic heterocycles. The summed E-state index contributed by atoms with van der Waals surface area (Å²) in [4.78, 5) is 30.7. The highest BCUT2D eigenvalue weighted by Crippen LogP contribution is 2.21. The molecule has 0 bridgehead atoms. The fourth-order valence-electron chi connectivity index (χ4n) is 2.07. The van der Waals surface area contributed by atoms with Crippen LogP contribution in [0.4, 0.5) is 0 Å². The summed E-state index contributed by atoms with van der Waals surface area (Å²) < 4.78 is 1.54. The number of aromatic amines is 1. The van der Waals surface area contributed by atoms with Gasteiger partial charge in [0, 0.05) is 0 Å². The molecule has 1 atom stereocenters. The van der Waals surface area contributed by atoms with Gasteiger partial charge in [-0.1, -0.05) is 11.8 Å². The van der Waals surface area contributed by atoms with E-state index >= 15 is 0 Å². The van der Waals surface area contributed by atoms with Crippen molar-refractivity contribution in [1.29, 1.82) is 5.26 Å². The molecule has 0 aliphatic rings. The molecule has 1 aromatic carbocycles. The van der Waals surface area contributed by atoms with E-state index in [-0.39, 0.29) is 16.6 Å². The van der Waals surface area contributed by atoms with E-state index in [9.17, 15) is 9.59 Å². The molecule has 0 fully saturated rings. The predicted molar refractivity (Wildman–Crippen MR) is 90.2 cm³/mol. The molecule has 0 aliphatic carbocycles. The van der Waals surface area contributed by atoms with E-state index in [2.05, 4.69) is 21.1 Å². The molecule has 0 amide bonds. The number of carbonyl (C=O) groups excluding carboxylic acids is 1. The second-order valence-corrected chi connectivity index (χ2v) is 6.52. The molecule has 3 aromatic rings. The molecule has 1 N–H and O–H groups in total. The summed E-state index contributed by atoms with van der Waals surface area (Å²) in [6, 6.07) is 8.86. The van der Waals surface area contributed by atoms with Crippen molar-refractivity contribution in [1.82, 2.24) is 19.7 Å². The van der Waals surface area contributed by atoms with Crippen molar-refractivity contribution in [2.45, 2.75) is 24.3 Å². The summed E-state index contributed by atoms with van der Waals surface area (Å²) in [6.45, 7) is 3.25. The Balaban J connectivity index is 2.09. The Hall–Kier alpha value is -2.92. The molecule has 0 saturated carbocycles. The molecule has 2 heterocycles. The van der Waals surface area contributed by atoms with E-state index < -0.39 is 0 Å². The van der Waals surface area contributed by atoms with Gasteiger partial charge in [-0.15, -0.1) is 0 Å². The first-order valence-corrected chi connectivity index (χ1v) is 8.03. The number of fused-ring (bicyclic) bond motifs is 1. The first kappa shape index (κ1) is 16.0. The highest BCUT2D eigenvalue weighted by atomic mass is 32.2. The van der Waals surface area contributed by atoms with Crippen molar-refractivity contribution in [3.05, 3.63) is 46.4 Å². The van der Waals surface area contributed by atoms with Gasteiger partial charge in [-0.2, -0.15) is 10.4 Å². The van der Waals surface area contributed by atoms with Gasteiger partial charge in [0.25, 0.3) is 5.56 Å². The third kappa shape index (κ3) is 2.94. The van der Waals surface area contributed by atoms with E-state index in [1.165, 1.54) is 29.6 Å². The first-order chi connectivity index (χ1) is 11.5. The first-order valence-electron chi connectivity index (χ1n) is 7.15. The number of nitrogens with one attached hydrogen (secondary N) is 1. The SMILES string of the molecule is CC(=O)C(C)Sc1nc2c(cnn2-c2ccc(C#N)cc2)c(=O)[nH]1. The molecule has 2 aromatic heterocycles. The van der Waals surface area contributed by atoms with Crippen LogP contribution in [0.5, 0.6) is 0 Å². The minimum Gasteiger partial charge on any atom is -0.301 e. The van der Waals surface area contributed by atoms with Crippen molar-refractivity contribution < 1.29 is 4.79 Å². The third-order valence-electron chi connectivity index (χ3n) is 3.52. The Morgan fingerprint density at radius 3 is 2.71 bits per heavy atom. The van der Waals surface area contributed by atoms with Crippen LogP contribution in [-0.4, -0.2) is 30.8 Å². The van der Waals surface area contributed by atoms with Gasteiger partial charge in [-0.05, 0) is 38.1 Å². The highest BCUT2D eigenvalue weighted by molar-refractivity contribution is 8.00. The zero-order valence-corrected chi connectivity index (χ0v) is 13.8. The lowest BCUT2D eigenvalue weighted by Gasteiger charge is -2.07. The van der Waals surface area contributed by atoms with Gasteiger partial charge in [0.1, 0.15) is 11.2 Å². The van der Waals surface area contributed by atoms with Gasteiger partial charge in [-0.3, -0.25) is 9.59 Å². The Morgan fingerprint density at radius 1 is 1.38 bits per heavy atom. The van der Waals surface area contributed by atoms with Crippen molar-refractivity contribution in [2.24, 2.45) is 0 Å². The topological polar surface area (TPSA) is 104 Å². The molecule has 8 heteroatoms.